The Bertz CT molecular complexity index is 972. The van der Waals surface area contributed by atoms with E-state index in [2.05, 4.69) is 9.72 Å². The molecule has 140 valence electrons. The van der Waals surface area contributed by atoms with E-state index in [0.29, 0.717) is 22.3 Å². The van der Waals surface area contributed by atoms with Crippen molar-refractivity contribution in [2.24, 2.45) is 5.73 Å². The second kappa shape index (κ2) is 7.24. The molecule has 0 saturated carbocycles. The molecule has 1 aromatic heterocycles. The van der Waals surface area contributed by atoms with Crippen LogP contribution in [0.3, 0.4) is 0 Å². The van der Waals surface area contributed by atoms with E-state index in [1.54, 1.807) is 30.3 Å². The number of aromatic nitrogens is 1. The number of carbonyl (C=O) groups excluding carboxylic acids is 1. The number of aliphatic hydroxyl groups excluding tert-OH is 1. The molecule has 5 nitrogen and oxygen atoms in total. The molecule has 3 rings (SSSR count). The van der Waals surface area contributed by atoms with Gasteiger partial charge in [-0.05, 0) is 42.0 Å². The maximum atomic E-state index is 12.3. The van der Waals surface area contributed by atoms with Gasteiger partial charge in [-0.3, -0.25) is 4.79 Å². The molecule has 2 aromatic carbocycles. The minimum Gasteiger partial charge on any atom is -0.406 e. The number of hydrogen-bond donors (Lipinski definition) is 2. The van der Waals surface area contributed by atoms with Crippen LogP contribution >= 0.6 is 0 Å². The number of ether oxygens (including phenoxy) is 1. The van der Waals surface area contributed by atoms with E-state index in [9.17, 15) is 23.1 Å². The van der Waals surface area contributed by atoms with E-state index >= 15 is 0 Å². The van der Waals surface area contributed by atoms with Crippen LogP contribution in [0.1, 0.15) is 5.56 Å². The molecule has 0 saturated heterocycles. The van der Waals surface area contributed by atoms with Crippen molar-refractivity contribution in [1.29, 1.82) is 0 Å². The van der Waals surface area contributed by atoms with Crippen molar-refractivity contribution < 1.29 is 27.8 Å². The highest BCUT2D eigenvalue weighted by Gasteiger charge is 2.31. The van der Waals surface area contributed by atoms with Crippen LogP contribution in [0.4, 0.5) is 13.2 Å². The summed E-state index contributed by atoms with van der Waals surface area (Å²) < 4.78 is 40.7. The predicted molar refractivity (Wildman–Crippen MR) is 92.8 cm³/mol. The van der Waals surface area contributed by atoms with Gasteiger partial charge in [0.25, 0.3) is 0 Å². The van der Waals surface area contributed by atoms with E-state index in [1.807, 2.05) is 0 Å². The fraction of sp³-hybridized carbons (Fsp3) is 0.158. The predicted octanol–water partition coefficient (Wildman–Crippen LogP) is 3.19. The molecule has 0 fully saturated rings. The summed E-state index contributed by atoms with van der Waals surface area (Å²) in [7, 11) is 0. The molecule has 1 heterocycles. The number of rotatable bonds is 5. The van der Waals surface area contributed by atoms with Crippen molar-refractivity contribution in [3.8, 4) is 17.0 Å². The summed E-state index contributed by atoms with van der Waals surface area (Å²) in [6, 6.07) is 14.1. The maximum absolute atomic E-state index is 12.3. The SMILES string of the molecule is NC(=O)C(O)Cc1cc(-c2ccc(OC(F)(F)F)cc2)nc2ccccc12. The van der Waals surface area contributed by atoms with Crippen molar-refractivity contribution in [2.45, 2.75) is 18.9 Å². The first-order valence-corrected chi connectivity index (χ1v) is 7.95. The van der Waals surface area contributed by atoms with E-state index in [0.717, 1.165) is 5.39 Å². The molecule has 0 aliphatic rings. The summed E-state index contributed by atoms with van der Waals surface area (Å²) >= 11 is 0. The number of nitrogens with two attached hydrogens (primary N) is 1. The molecule has 27 heavy (non-hydrogen) atoms. The zero-order chi connectivity index (χ0) is 19.6. The number of hydrogen-bond acceptors (Lipinski definition) is 4. The Morgan fingerprint density at radius 2 is 1.81 bits per heavy atom. The molecule has 1 amide bonds. The van der Waals surface area contributed by atoms with Gasteiger partial charge < -0.3 is 15.6 Å². The van der Waals surface area contributed by atoms with Crippen molar-refractivity contribution in [1.82, 2.24) is 4.98 Å². The van der Waals surface area contributed by atoms with Crippen LogP contribution in [0.2, 0.25) is 0 Å². The molecule has 0 spiro atoms. The molecule has 3 aromatic rings. The number of aliphatic hydroxyl groups is 1. The van der Waals surface area contributed by atoms with Gasteiger partial charge in [-0.25, -0.2) is 4.98 Å². The Kier molecular flexibility index (Phi) is 5.00. The fourth-order valence-electron chi connectivity index (χ4n) is 2.70. The summed E-state index contributed by atoms with van der Waals surface area (Å²) in [5.41, 5.74) is 7.45. The third-order valence-electron chi connectivity index (χ3n) is 3.93. The van der Waals surface area contributed by atoms with Gasteiger partial charge in [0.05, 0.1) is 11.2 Å². The highest BCUT2D eigenvalue weighted by atomic mass is 19.4. The normalized spacial score (nSPS) is 12.7. The van der Waals surface area contributed by atoms with Crippen LogP contribution in [0, 0.1) is 0 Å². The van der Waals surface area contributed by atoms with E-state index < -0.39 is 18.4 Å². The molecular weight excluding hydrogens is 361 g/mol. The fourth-order valence-corrected chi connectivity index (χ4v) is 2.70. The van der Waals surface area contributed by atoms with Gasteiger partial charge in [0.2, 0.25) is 5.91 Å². The number of pyridine rings is 1. The largest absolute Gasteiger partial charge is 0.573 e. The first-order chi connectivity index (χ1) is 12.7. The van der Waals surface area contributed by atoms with Gasteiger partial charge in [0, 0.05) is 17.4 Å². The van der Waals surface area contributed by atoms with E-state index in [-0.39, 0.29) is 12.2 Å². The van der Waals surface area contributed by atoms with Crippen LogP contribution in [0.5, 0.6) is 5.75 Å². The number of amides is 1. The van der Waals surface area contributed by atoms with Crippen molar-refractivity contribution in [2.75, 3.05) is 0 Å². The Morgan fingerprint density at radius 3 is 2.44 bits per heavy atom. The second-order valence-electron chi connectivity index (χ2n) is 5.88. The Balaban J connectivity index is 2.00. The summed E-state index contributed by atoms with van der Waals surface area (Å²) in [6.07, 6.45) is -6.12. The molecular formula is C19H15F3N2O3. The lowest BCUT2D eigenvalue weighted by molar-refractivity contribution is -0.274. The molecule has 0 aliphatic carbocycles. The minimum absolute atomic E-state index is 0.000630. The Morgan fingerprint density at radius 1 is 1.15 bits per heavy atom. The van der Waals surface area contributed by atoms with Gasteiger partial charge in [0.15, 0.2) is 0 Å². The second-order valence-corrected chi connectivity index (χ2v) is 5.88. The third-order valence-corrected chi connectivity index (χ3v) is 3.93. The topological polar surface area (TPSA) is 85.4 Å². The van der Waals surface area contributed by atoms with Crippen molar-refractivity contribution in [3.63, 3.8) is 0 Å². The third kappa shape index (κ3) is 4.53. The number of carbonyl (C=O) groups is 1. The van der Waals surface area contributed by atoms with E-state index in [4.69, 9.17) is 5.73 Å². The average molecular weight is 376 g/mol. The van der Waals surface area contributed by atoms with Crippen LogP contribution in [0.25, 0.3) is 22.2 Å². The lowest BCUT2D eigenvalue weighted by atomic mass is 9.99. The number of primary amides is 1. The van der Waals surface area contributed by atoms with Crippen molar-refractivity contribution >= 4 is 16.8 Å². The molecule has 0 bridgehead atoms. The number of halogens is 3. The number of benzene rings is 2. The Labute approximate surface area is 152 Å². The molecule has 8 heteroatoms. The summed E-state index contributed by atoms with van der Waals surface area (Å²) in [5.74, 6) is -1.18. The minimum atomic E-state index is -4.76. The monoisotopic (exact) mass is 376 g/mol. The smallest absolute Gasteiger partial charge is 0.406 e. The first-order valence-electron chi connectivity index (χ1n) is 7.95. The molecule has 3 N–H and O–H groups in total. The summed E-state index contributed by atoms with van der Waals surface area (Å²) in [5, 5.41) is 10.6. The number of nitrogens with zero attached hydrogens (tertiary/aromatic N) is 1. The molecule has 1 unspecified atom stereocenters. The quantitative estimate of drug-likeness (QED) is 0.716. The summed E-state index contributed by atoms with van der Waals surface area (Å²) in [4.78, 5) is 15.7. The highest BCUT2D eigenvalue weighted by Crippen LogP contribution is 2.29. The molecule has 0 radical (unpaired) electrons. The van der Waals surface area contributed by atoms with Crippen LogP contribution < -0.4 is 10.5 Å². The first kappa shape index (κ1) is 18.7. The standard InChI is InChI=1S/C19H15F3N2O3/c20-19(21,22)27-13-7-5-11(6-8-13)16-9-12(10-17(25)18(23)26)14-3-1-2-4-15(14)24-16/h1-9,17,25H,10H2,(H2,23,26). The van der Waals surface area contributed by atoms with Gasteiger partial charge in [-0.1, -0.05) is 18.2 Å². The maximum Gasteiger partial charge on any atom is 0.573 e. The zero-order valence-corrected chi connectivity index (χ0v) is 13.9. The number of fused-ring (bicyclic) bond motifs is 1. The van der Waals surface area contributed by atoms with Crippen LogP contribution in [-0.2, 0) is 11.2 Å². The molecule has 0 aliphatic heterocycles. The highest BCUT2D eigenvalue weighted by molar-refractivity contribution is 5.86. The van der Waals surface area contributed by atoms with Gasteiger partial charge >= 0.3 is 6.36 Å². The van der Waals surface area contributed by atoms with Crippen LogP contribution in [-0.4, -0.2) is 28.5 Å². The average Bonchev–Trinajstić information content (AvgIpc) is 2.60. The summed E-state index contributed by atoms with van der Waals surface area (Å²) in [6.45, 7) is 0. The Hall–Kier alpha value is -3.13. The van der Waals surface area contributed by atoms with Gasteiger partial charge in [-0.15, -0.1) is 13.2 Å². The van der Waals surface area contributed by atoms with Gasteiger partial charge in [0.1, 0.15) is 11.9 Å². The van der Waals surface area contributed by atoms with Crippen molar-refractivity contribution in [3.05, 3.63) is 60.2 Å². The zero-order valence-electron chi connectivity index (χ0n) is 13.9. The lowest BCUT2D eigenvalue weighted by Gasteiger charge is -2.13. The van der Waals surface area contributed by atoms with Crippen LogP contribution in [0.15, 0.2) is 54.6 Å². The van der Waals surface area contributed by atoms with E-state index in [1.165, 1.54) is 24.3 Å². The van der Waals surface area contributed by atoms with Gasteiger partial charge in [-0.2, -0.15) is 0 Å². The number of alkyl halides is 3. The lowest BCUT2D eigenvalue weighted by Crippen LogP contribution is -2.30. The number of para-hydroxylation sites is 1. The molecule has 1 atom stereocenters.